The Hall–Kier alpha value is -1.11. The molecule has 7 heteroatoms. The maximum atomic E-state index is 11.8. The van der Waals surface area contributed by atoms with Crippen molar-refractivity contribution in [2.45, 2.75) is 19.4 Å². The molecule has 0 fully saturated rings. The second kappa shape index (κ2) is 7.06. The minimum atomic E-state index is -3.25. The maximum Gasteiger partial charge on any atom is 0.221 e. The van der Waals surface area contributed by atoms with E-state index in [9.17, 15) is 13.2 Å². The number of carbonyl (C=O) groups excluding carboxylic acids is 1. The number of halogens is 1. The summed E-state index contributed by atoms with van der Waals surface area (Å²) in [6.07, 6.45) is 1.22. The van der Waals surface area contributed by atoms with E-state index >= 15 is 0 Å². The Kier molecular flexibility index (Phi) is 5.98. The van der Waals surface area contributed by atoms with Gasteiger partial charge in [-0.15, -0.1) is 0 Å². The van der Waals surface area contributed by atoms with Gasteiger partial charge in [-0.2, -0.15) is 0 Å². The van der Waals surface area contributed by atoms with Crippen molar-refractivity contribution in [3.05, 3.63) is 34.9 Å². The number of benzene rings is 1. The van der Waals surface area contributed by atoms with E-state index in [2.05, 4.69) is 5.32 Å². The summed E-state index contributed by atoms with van der Waals surface area (Å²) >= 11 is 6.05. The van der Waals surface area contributed by atoms with Gasteiger partial charge in [0.2, 0.25) is 15.9 Å². The highest BCUT2D eigenvalue weighted by Gasteiger charge is 2.15. The summed E-state index contributed by atoms with van der Waals surface area (Å²) in [5.74, 6) is -0.215. The number of amides is 1. The van der Waals surface area contributed by atoms with Gasteiger partial charge in [0.25, 0.3) is 0 Å². The number of hydrogen-bond donors (Lipinski definition) is 1. The molecule has 1 aromatic carbocycles. The monoisotopic (exact) mass is 318 g/mol. The number of nitrogens with zero attached hydrogens (tertiary/aromatic N) is 1. The third-order valence-corrected chi connectivity index (χ3v) is 4.63. The highest BCUT2D eigenvalue weighted by atomic mass is 35.5. The van der Waals surface area contributed by atoms with Crippen molar-refractivity contribution >= 4 is 27.5 Å². The Morgan fingerprint density at radius 3 is 2.55 bits per heavy atom. The van der Waals surface area contributed by atoms with Gasteiger partial charge in [-0.3, -0.25) is 4.79 Å². The Bertz CT molecular complexity index is 575. The molecular weight excluding hydrogens is 300 g/mol. The first kappa shape index (κ1) is 16.9. The molecule has 0 heterocycles. The van der Waals surface area contributed by atoms with E-state index in [0.717, 1.165) is 16.1 Å². The molecule has 112 valence electrons. The first-order valence-electron chi connectivity index (χ1n) is 6.17. The standard InChI is InChI=1S/C13H19ClN2O3S/c1-10(11-6-4-5-7-12(11)14)15-13(17)8-9-16(2)20(3,18)19/h4-7,10H,8-9H2,1-3H3,(H,15,17). The Morgan fingerprint density at radius 1 is 1.40 bits per heavy atom. The number of carbonyl (C=O) groups is 1. The molecule has 1 amide bonds. The van der Waals surface area contributed by atoms with E-state index in [1.54, 1.807) is 6.07 Å². The van der Waals surface area contributed by atoms with Gasteiger partial charge in [0.05, 0.1) is 12.3 Å². The lowest BCUT2D eigenvalue weighted by Gasteiger charge is -2.17. The quantitative estimate of drug-likeness (QED) is 0.869. The summed E-state index contributed by atoms with van der Waals surface area (Å²) in [5.41, 5.74) is 0.832. The van der Waals surface area contributed by atoms with Crippen LogP contribution in [-0.4, -0.2) is 38.5 Å². The molecule has 0 radical (unpaired) electrons. The molecule has 0 aliphatic carbocycles. The molecule has 1 aromatic rings. The fourth-order valence-corrected chi connectivity index (χ4v) is 2.36. The molecule has 0 saturated heterocycles. The summed E-state index contributed by atoms with van der Waals surface area (Å²) in [6, 6.07) is 7.05. The molecule has 1 unspecified atom stereocenters. The van der Waals surface area contributed by atoms with Crippen LogP contribution in [0.4, 0.5) is 0 Å². The molecule has 0 aliphatic heterocycles. The zero-order valence-electron chi connectivity index (χ0n) is 11.8. The maximum absolute atomic E-state index is 11.8. The topological polar surface area (TPSA) is 66.5 Å². The molecule has 0 spiro atoms. The molecular formula is C13H19ClN2O3S. The fraction of sp³-hybridized carbons (Fsp3) is 0.462. The van der Waals surface area contributed by atoms with Crippen molar-refractivity contribution in [2.75, 3.05) is 19.8 Å². The van der Waals surface area contributed by atoms with Gasteiger partial charge in [-0.1, -0.05) is 29.8 Å². The number of rotatable bonds is 6. The van der Waals surface area contributed by atoms with E-state index in [1.165, 1.54) is 7.05 Å². The Labute approximate surface area is 125 Å². The molecule has 0 aromatic heterocycles. The largest absolute Gasteiger partial charge is 0.349 e. The third-order valence-electron chi connectivity index (χ3n) is 2.97. The molecule has 20 heavy (non-hydrogen) atoms. The lowest BCUT2D eigenvalue weighted by molar-refractivity contribution is -0.121. The number of sulfonamides is 1. The summed E-state index contributed by atoms with van der Waals surface area (Å²) in [5, 5.41) is 3.39. The average Bonchev–Trinajstić information content (AvgIpc) is 2.35. The van der Waals surface area contributed by atoms with Crippen LogP contribution in [0.2, 0.25) is 5.02 Å². The van der Waals surface area contributed by atoms with Gasteiger partial charge in [-0.25, -0.2) is 12.7 Å². The summed E-state index contributed by atoms with van der Waals surface area (Å²) in [4.78, 5) is 11.8. The van der Waals surface area contributed by atoms with Crippen molar-refractivity contribution in [3.8, 4) is 0 Å². The SMILES string of the molecule is CC(NC(=O)CCN(C)S(C)(=O)=O)c1ccccc1Cl. The fourth-order valence-electron chi connectivity index (χ4n) is 1.64. The van der Waals surface area contributed by atoms with Crippen LogP contribution < -0.4 is 5.32 Å². The van der Waals surface area contributed by atoms with Gasteiger partial charge in [-0.05, 0) is 18.6 Å². The molecule has 1 rings (SSSR count). The van der Waals surface area contributed by atoms with Crippen LogP contribution in [0.1, 0.15) is 24.9 Å². The van der Waals surface area contributed by atoms with Crippen molar-refractivity contribution in [1.29, 1.82) is 0 Å². The van der Waals surface area contributed by atoms with Crippen LogP contribution in [-0.2, 0) is 14.8 Å². The highest BCUT2D eigenvalue weighted by Crippen LogP contribution is 2.22. The Morgan fingerprint density at radius 2 is 2.00 bits per heavy atom. The lowest BCUT2D eigenvalue weighted by atomic mass is 10.1. The zero-order valence-corrected chi connectivity index (χ0v) is 13.3. The van der Waals surface area contributed by atoms with Crippen LogP contribution in [0.25, 0.3) is 0 Å². The second-order valence-corrected chi connectivity index (χ2v) is 7.14. The summed E-state index contributed by atoms with van der Waals surface area (Å²) in [7, 11) is -1.81. The molecule has 0 aliphatic rings. The van der Waals surface area contributed by atoms with E-state index in [0.29, 0.717) is 5.02 Å². The molecule has 0 bridgehead atoms. The first-order chi connectivity index (χ1) is 9.21. The van der Waals surface area contributed by atoms with Crippen LogP contribution in [0.3, 0.4) is 0 Å². The Balaban J connectivity index is 2.53. The predicted octanol–water partition coefficient (Wildman–Crippen LogP) is 1.80. The van der Waals surface area contributed by atoms with Crippen LogP contribution in [0.15, 0.2) is 24.3 Å². The van der Waals surface area contributed by atoms with Crippen molar-refractivity contribution in [2.24, 2.45) is 0 Å². The van der Waals surface area contributed by atoms with Crippen molar-refractivity contribution < 1.29 is 13.2 Å². The smallest absolute Gasteiger partial charge is 0.221 e. The zero-order chi connectivity index (χ0) is 15.3. The predicted molar refractivity (Wildman–Crippen MR) is 80.1 cm³/mol. The first-order valence-corrected chi connectivity index (χ1v) is 8.39. The lowest BCUT2D eigenvalue weighted by Crippen LogP contribution is -2.33. The van der Waals surface area contributed by atoms with E-state index in [4.69, 9.17) is 11.6 Å². The third kappa shape index (κ3) is 5.11. The van der Waals surface area contributed by atoms with Gasteiger partial charge in [0, 0.05) is 25.0 Å². The molecule has 1 N–H and O–H groups in total. The molecule has 0 saturated carbocycles. The van der Waals surface area contributed by atoms with Gasteiger partial charge in [0.15, 0.2) is 0 Å². The van der Waals surface area contributed by atoms with Crippen LogP contribution >= 0.6 is 11.6 Å². The van der Waals surface area contributed by atoms with Crippen molar-refractivity contribution in [1.82, 2.24) is 9.62 Å². The van der Waals surface area contributed by atoms with E-state index in [1.807, 2.05) is 25.1 Å². The molecule has 1 atom stereocenters. The average molecular weight is 319 g/mol. The molecule has 5 nitrogen and oxygen atoms in total. The summed E-state index contributed by atoms with van der Waals surface area (Å²) in [6.45, 7) is 1.99. The minimum Gasteiger partial charge on any atom is -0.349 e. The van der Waals surface area contributed by atoms with Gasteiger partial charge >= 0.3 is 0 Å². The number of nitrogens with one attached hydrogen (secondary N) is 1. The van der Waals surface area contributed by atoms with Gasteiger partial charge < -0.3 is 5.32 Å². The van der Waals surface area contributed by atoms with E-state index < -0.39 is 10.0 Å². The van der Waals surface area contributed by atoms with Gasteiger partial charge in [0.1, 0.15) is 0 Å². The second-order valence-electron chi connectivity index (χ2n) is 4.65. The van der Waals surface area contributed by atoms with Crippen LogP contribution in [0.5, 0.6) is 0 Å². The van der Waals surface area contributed by atoms with Crippen LogP contribution in [0, 0.1) is 0 Å². The number of hydrogen-bond acceptors (Lipinski definition) is 3. The minimum absolute atomic E-state index is 0.109. The van der Waals surface area contributed by atoms with Crippen molar-refractivity contribution in [3.63, 3.8) is 0 Å². The highest BCUT2D eigenvalue weighted by molar-refractivity contribution is 7.88. The van der Waals surface area contributed by atoms with E-state index in [-0.39, 0.29) is 24.9 Å². The summed E-state index contributed by atoms with van der Waals surface area (Å²) < 4.78 is 23.6. The normalized spacial score (nSPS) is 13.2.